The van der Waals surface area contributed by atoms with E-state index < -0.39 is 5.60 Å². The molecule has 0 bridgehead atoms. The average Bonchev–Trinajstić information content (AvgIpc) is 3.21. The second kappa shape index (κ2) is 9.01. The van der Waals surface area contributed by atoms with Gasteiger partial charge >= 0.3 is 0 Å². The van der Waals surface area contributed by atoms with Gasteiger partial charge < -0.3 is 20.3 Å². The highest BCUT2D eigenvalue weighted by atomic mass is 32.1. The molecule has 2 aromatic rings. The van der Waals surface area contributed by atoms with Crippen molar-refractivity contribution in [2.24, 2.45) is 4.99 Å². The van der Waals surface area contributed by atoms with Crippen LogP contribution in [0.5, 0.6) is 0 Å². The number of aliphatic imine (C=N–C) groups is 1. The van der Waals surface area contributed by atoms with Crippen LogP contribution in [0.1, 0.15) is 42.2 Å². The zero-order valence-electron chi connectivity index (χ0n) is 15.4. The summed E-state index contributed by atoms with van der Waals surface area (Å²) < 4.78 is 5.19. The molecule has 7 heteroatoms. The van der Waals surface area contributed by atoms with Gasteiger partial charge in [-0.05, 0) is 52.0 Å². The molecule has 138 valence electrons. The quantitative estimate of drug-likeness (QED) is 0.381. The van der Waals surface area contributed by atoms with Crippen LogP contribution in [0, 0.1) is 13.8 Å². The van der Waals surface area contributed by atoms with Crippen LogP contribution in [0.3, 0.4) is 0 Å². The summed E-state index contributed by atoms with van der Waals surface area (Å²) >= 11 is 1.54. The maximum Gasteiger partial charge on any atom is 0.191 e. The molecule has 0 aliphatic carbocycles. The van der Waals surface area contributed by atoms with Gasteiger partial charge in [0.05, 0.1) is 12.2 Å². The normalized spacial score (nSPS) is 14.4. The van der Waals surface area contributed by atoms with Gasteiger partial charge in [-0.15, -0.1) is 11.3 Å². The fourth-order valence-corrected chi connectivity index (χ4v) is 3.35. The molecule has 6 nitrogen and oxygen atoms in total. The molecule has 0 saturated carbocycles. The summed E-state index contributed by atoms with van der Waals surface area (Å²) in [6.45, 7) is 9.61. The summed E-state index contributed by atoms with van der Waals surface area (Å²) in [7, 11) is 0. The third kappa shape index (κ3) is 5.57. The SMILES string of the molecule is CCNC(=NCC(C)(O)c1cccs1)NCCCc1c(C)noc1C. The highest BCUT2D eigenvalue weighted by Gasteiger charge is 2.23. The molecule has 2 heterocycles. The highest BCUT2D eigenvalue weighted by molar-refractivity contribution is 7.10. The van der Waals surface area contributed by atoms with Crippen molar-refractivity contribution >= 4 is 17.3 Å². The van der Waals surface area contributed by atoms with Gasteiger partial charge in [0.1, 0.15) is 11.4 Å². The number of nitrogens with one attached hydrogen (secondary N) is 2. The Labute approximate surface area is 153 Å². The Balaban J connectivity index is 1.85. The minimum Gasteiger partial charge on any atom is -0.383 e. The minimum atomic E-state index is -0.951. The molecule has 0 amide bonds. The van der Waals surface area contributed by atoms with Crippen LogP contribution in [0.2, 0.25) is 0 Å². The van der Waals surface area contributed by atoms with Crippen molar-refractivity contribution in [2.75, 3.05) is 19.6 Å². The third-order valence-electron chi connectivity index (χ3n) is 4.02. The Bertz CT molecular complexity index is 658. The average molecular weight is 365 g/mol. The van der Waals surface area contributed by atoms with E-state index in [0.717, 1.165) is 48.2 Å². The van der Waals surface area contributed by atoms with Gasteiger partial charge in [0.2, 0.25) is 0 Å². The van der Waals surface area contributed by atoms with Crippen LogP contribution >= 0.6 is 11.3 Å². The van der Waals surface area contributed by atoms with E-state index in [1.807, 2.05) is 38.3 Å². The molecule has 0 saturated heterocycles. The van der Waals surface area contributed by atoms with E-state index in [0.29, 0.717) is 6.54 Å². The van der Waals surface area contributed by atoms with E-state index >= 15 is 0 Å². The molecule has 0 spiro atoms. The fourth-order valence-electron chi connectivity index (χ4n) is 2.57. The molecule has 3 N–H and O–H groups in total. The van der Waals surface area contributed by atoms with Gasteiger partial charge in [0, 0.05) is 23.5 Å². The predicted octanol–water partition coefficient (Wildman–Crippen LogP) is 2.75. The van der Waals surface area contributed by atoms with Gasteiger partial charge in [0.25, 0.3) is 0 Å². The van der Waals surface area contributed by atoms with E-state index in [1.165, 1.54) is 5.56 Å². The van der Waals surface area contributed by atoms with Crippen LogP contribution in [0.15, 0.2) is 27.0 Å². The number of guanidine groups is 1. The molecule has 0 aromatic carbocycles. The van der Waals surface area contributed by atoms with E-state index in [1.54, 1.807) is 18.3 Å². The summed E-state index contributed by atoms with van der Waals surface area (Å²) in [6.07, 6.45) is 1.87. The summed E-state index contributed by atoms with van der Waals surface area (Å²) in [5.41, 5.74) is 1.20. The zero-order chi connectivity index (χ0) is 18.3. The first-order valence-corrected chi connectivity index (χ1v) is 9.52. The molecule has 2 aromatic heterocycles. The van der Waals surface area contributed by atoms with Crippen LogP contribution < -0.4 is 10.6 Å². The molecular weight excluding hydrogens is 336 g/mol. The molecular formula is C18H28N4O2S. The van der Waals surface area contributed by atoms with Gasteiger partial charge in [-0.1, -0.05) is 11.2 Å². The van der Waals surface area contributed by atoms with Crippen molar-refractivity contribution in [1.29, 1.82) is 0 Å². The van der Waals surface area contributed by atoms with Gasteiger partial charge in [-0.3, -0.25) is 0 Å². The van der Waals surface area contributed by atoms with Crippen LogP contribution in [-0.4, -0.2) is 35.9 Å². The lowest BCUT2D eigenvalue weighted by atomic mass is 10.1. The number of hydrogen-bond acceptors (Lipinski definition) is 5. The second-order valence-electron chi connectivity index (χ2n) is 6.28. The molecule has 0 radical (unpaired) electrons. The minimum absolute atomic E-state index is 0.312. The number of aliphatic hydroxyl groups is 1. The van der Waals surface area contributed by atoms with E-state index in [9.17, 15) is 5.11 Å². The molecule has 25 heavy (non-hydrogen) atoms. The third-order valence-corrected chi connectivity index (χ3v) is 5.14. The highest BCUT2D eigenvalue weighted by Crippen LogP contribution is 2.25. The number of aryl methyl sites for hydroxylation is 2. The Kier molecular flexibility index (Phi) is 7.01. The molecule has 2 rings (SSSR count). The van der Waals surface area contributed by atoms with Crippen LogP contribution in [-0.2, 0) is 12.0 Å². The van der Waals surface area contributed by atoms with E-state index in [-0.39, 0.29) is 0 Å². The Morgan fingerprint density at radius 3 is 2.80 bits per heavy atom. The second-order valence-corrected chi connectivity index (χ2v) is 7.23. The van der Waals surface area contributed by atoms with Gasteiger partial charge in [-0.25, -0.2) is 4.99 Å². The maximum atomic E-state index is 10.6. The Hall–Kier alpha value is -1.86. The smallest absolute Gasteiger partial charge is 0.191 e. The number of nitrogens with zero attached hydrogens (tertiary/aromatic N) is 2. The van der Waals surface area contributed by atoms with Crippen molar-refractivity contribution in [3.8, 4) is 0 Å². The lowest BCUT2D eigenvalue weighted by Gasteiger charge is -2.20. The number of thiophene rings is 1. The molecule has 0 aliphatic heterocycles. The van der Waals surface area contributed by atoms with Crippen LogP contribution in [0.25, 0.3) is 0 Å². The lowest BCUT2D eigenvalue weighted by molar-refractivity contribution is 0.0711. The molecule has 0 aliphatic rings. The summed E-state index contributed by atoms with van der Waals surface area (Å²) in [6, 6.07) is 3.88. The number of rotatable bonds is 8. The van der Waals surface area contributed by atoms with Crippen molar-refractivity contribution < 1.29 is 9.63 Å². The molecule has 1 unspecified atom stereocenters. The zero-order valence-corrected chi connectivity index (χ0v) is 16.2. The first-order chi connectivity index (χ1) is 11.9. The molecule has 0 fully saturated rings. The molecule has 1 atom stereocenters. The predicted molar refractivity (Wildman–Crippen MR) is 102 cm³/mol. The monoisotopic (exact) mass is 364 g/mol. The maximum absolute atomic E-state index is 10.6. The van der Waals surface area contributed by atoms with Crippen molar-refractivity contribution in [3.05, 3.63) is 39.4 Å². The van der Waals surface area contributed by atoms with Gasteiger partial charge in [0.15, 0.2) is 5.96 Å². The van der Waals surface area contributed by atoms with Crippen molar-refractivity contribution in [2.45, 2.75) is 46.1 Å². The van der Waals surface area contributed by atoms with Crippen molar-refractivity contribution in [1.82, 2.24) is 15.8 Å². The van der Waals surface area contributed by atoms with Crippen molar-refractivity contribution in [3.63, 3.8) is 0 Å². The topological polar surface area (TPSA) is 82.7 Å². The Morgan fingerprint density at radius 1 is 1.40 bits per heavy atom. The standard InChI is InChI=1S/C18H28N4O2S/c1-5-19-17(21-12-18(4,23)16-9-7-11-25-16)20-10-6-8-15-13(2)22-24-14(15)3/h7,9,11,23H,5-6,8,10,12H2,1-4H3,(H2,19,20,21). The fraction of sp³-hybridized carbons (Fsp3) is 0.556. The Morgan fingerprint density at radius 2 is 2.20 bits per heavy atom. The summed E-state index contributed by atoms with van der Waals surface area (Å²) in [5, 5.41) is 23.1. The summed E-state index contributed by atoms with van der Waals surface area (Å²) in [5.74, 6) is 1.61. The largest absolute Gasteiger partial charge is 0.383 e. The number of hydrogen-bond donors (Lipinski definition) is 3. The van der Waals surface area contributed by atoms with Gasteiger partial charge in [-0.2, -0.15) is 0 Å². The van der Waals surface area contributed by atoms with E-state index in [4.69, 9.17) is 4.52 Å². The van der Waals surface area contributed by atoms with Crippen LogP contribution in [0.4, 0.5) is 0 Å². The lowest BCUT2D eigenvalue weighted by Crippen LogP contribution is -2.39. The first-order valence-electron chi connectivity index (χ1n) is 8.64. The summed E-state index contributed by atoms with van der Waals surface area (Å²) in [4.78, 5) is 5.45. The first kappa shape index (κ1) is 19.5. The van der Waals surface area contributed by atoms with E-state index in [2.05, 4.69) is 20.8 Å². The number of aromatic nitrogens is 1.